The molecule has 1 heterocycles. The first-order valence-electron chi connectivity index (χ1n) is 9.18. The first-order valence-corrected chi connectivity index (χ1v) is 9.18. The summed E-state index contributed by atoms with van der Waals surface area (Å²) in [5, 5.41) is 10.6. The Morgan fingerprint density at radius 3 is 2.37 bits per heavy atom. The van der Waals surface area contributed by atoms with Crippen LogP contribution in [0.15, 0.2) is 42.5 Å². The van der Waals surface area contributed by atoms with Crippen LogP contribution in [0.4, 0.5) is 0 Å². The molecule has 0 saturated heterocycles. The van der Waals surface area contributed by atoms with Crippen LogP contribution in [0.3, 0.4) is 0 Å². The molecule has 6 nitrogen and oxygen atoms in total. The van der Waals surface area contributed by atoms with Crippen molar-refractivity contribution in [3.63, 3.8) is 0 Å². The Labute approximate surface area is 159 Å². The fraction of sp³-hybridized carbons (Fsp3) is 0.381. The van der Waals surface area contributed by atoms with E-state index in [4.69, 9.17) is 14.2 Å². The number of imidazole rings is 1. The van der Waals surface area contributed by atoms with E-state index in [1.807, 2.05) is 12.1 Å². The summed E-state index contributed by atoms with van der Waals surface area (Å²) < 4.78 is 18.4. The van der Waals surface area contributed by atoms with Crippen LogP contribution in [0.1, 0.15) is 19.2 Å². The van der Waals surface area contributed by atoms with Crippen LogP contribution in [0.25, 0.3) is 11.0 Å². The highest BCUT2D eigenvalue weighted by molar-refractivity contribution is 5.71. The Hall–Kier alpha value is -2.73. The fourth-order valence-corrected chi connectivity index (χ4v) is 3.15. The van der Waals surface area contributed by atoms with Gasteiger partial charge in [0.05, 0.1) is 14.2 Å². The first kappa shape index (κ1) is 19.0. The third kappa shape index (κ3) is 4.52. The highest BCUT2D eigenvalue weighted by Crippen LogP contribution is 2.27. The summed E-state index contributed by atoms with van der Waals surface area (Å²) in [5.74, 6) is 3.01. The van der Waals surface area contributed by atoms with Crippen LogP contribution in [-0.4, -0.2) is 37.0 Å². The number of fused-ring (bicyclic) bond motifs is 1. The van der Waals surface area contributed by atoms with Gasteiger partial charge < -0.3 is 19.3 Å². The molecule has 0 aliphatic carbocycles. The number of aromatic nitrogens is 2. The minimum atomic E-state index is -0.651. The Balaban J connectivity index is 1.72. The monoisotopic (exact) mass is 371 g/mol. The normalized spacial score (nSPS) is 12.1. The molecule has 1 unspecified atom stereocenters. The minimum absolute atomic E-state index is 0.175. The van der Waals surface area contributed by atoms with Gasteiger partial charge in [-0.25, -0.2) is 9.55 Å². The predicted molar refractivity (Wildman–Crippen MR) is 104 cm³/mol. The van der Waals surface area contributed by atoms with E-state index in [9.17, 15) is 5.11 Å². The lowest BCUT2D eigenvalue weighted by Gasteiger charge is -2.13. The van der Waals surface area contributed by atoms with Crippen molar-refractivity contribution in [3.05, 3.63) is 48.3 Å². The lowest BCUT2D eigenvalue weighted by atomic mass is 10.2. The molecule has 0 spiro atoms. The molecule has 2 aromatic carbocycles. The Morgan fingerprint density at radius 2 is 1.70 bits per heavy atom. The molecule has 144 valence electrons. The molecule has 3 aromatic rings. The van der Waals surface area contributed by atoms with Crippen LogP contribution < -0.4 is 18.8 Å². The Kier molecular flexibility index (Phi) is 6.19. The van der Waals surface area contributed by atoms with Gasteiger partial charge in [0.15, 0.2) is 11.0 Å². The first-order chi connectivity index (χ1) is 13.1. The SMILES string of the molecule is CCCc1[nH]c2ccccc2[n+]1CC(O)COc1cc(OC)cc(OC)c1. The number of nitrogens with one attached hydrogen (secondary N) is 1. The molecule has 1 atom stereocenters. The average molecular weight is 371 g/mol. The van der Waals surface area contributed by atoms with Crippen LogP contribution >= 0.6 is 0 Å². The third-order valence-corrected chi connectivity index (χ3v) is 4.45. The summed E-state index contributed by atoms with van der Waals surface area (Å²) >= 11 is 0. The van der Waals surface area contributed by atoms with E-state index in [-0.39, 0.29) is 6.61 Å². The maximum atomic E-state index is 10.6. The minimum Gasteiger partial charge on any atom is -0.496 e. The highest BCUT2D eigenvalue weighted by atomic mass is 16.5. The Bertz CT molecular complexity index is 869. The quantitative estimate of drug-likeness (QED) is 0.568. The van der Waals surface area contributed by atoms with E-state index >= 15 is 0 Å². The summed E-state index contributed by atoms with van der Waals surface area (Å²) in [6.45, 7) is 2.78. The number of aryl methyl sites for hydroxylation is 1. The summed E-state index contributed by atoms with van der Waals surface area (Å²) in [5.41, 5.74) is 2.16. The summed E-state index contributed by atoms with van der Waals surface area (Å²) in [7, 11) is 3.19. The van der Waals surface area contributed by atoms with Crippen molar-refractivity contribution in [2.45, 2.75) is 32.4 Å². The van der Waals surface area contributed by atoms with Gasteiger partial charge in [0.1, 0.15) is 36.5 Å². The van der Waals surface area contributed by atoms with Crippen molar-refractivity contribution in [2.75, 3.05) is 20.8 Å². The van der Waals surface area contributed by atoms with E-state index in [2.05, 4.69) is 28.6 Å². The van der Waals surface area contributed by atoms with Crippen LogP contribution in [0.5, 0.6) is 17.2 Å². The van der Waals surface area contributed by atoms with Crippen molar-refractivity contribution in [2.24, 2.45) is 0 Å². The molecule has 0 bridgehead atoms. The molecule has 0 aliphatic heterocycles. The second-order valence-corrected chi connectivity index (χ2v) is 6.46. The largest absolute Gasteiger partial charge is 0.496 e. The molecule has 0 amide bonds. The van der Waals surface area contributed by atoms with Crippen molar-refractivity contribution < 1.29 is 23.9 Å². The highest BCUT2D eigenvalue weighted by Gasteiger charge is 2.20. The zero-order valence-electron chi connectivity index (χ0n) is 16.1. The Morgan fingerprint density at radius 1 is 1.04 bits per heavy atom. The van der Waals surface area contributed by atoms with Crippen molar-refractivity contribution in [1.29, 1.82) is 0 Å². The van der Waals surface area contributed by atoms with Crippen molar-refractivity contribution in [1.82, 2.24) is 4.98 Å². The molecule has 0 aliphatic rings. The fourth-order valence-electron chi connectivity index (χ4n) is 3.15. The smallest absolute Gasteiger partial charge is 0.255 e. The predicted octanol–water partition coefficient (Wildman–Crippen LogP) is 2.87. The number of hydrogen-bond donors (Lipinski definition) is 2. The van der Waals surface area contributed by atoms with Crippen LogP contribution in [0.2, 0.25) is 0 Å². The number of ether oxygens (including phenoxy) is 3. The van der Waals surface area contributed by atoms with E-state index in [1.165, 1.54) is 0 Å². The zero-order chi connectivity index (χ0) is 19.2. The molecule has 2 N–H and O–H groups in total. The zero-order valence-corrected chi connectivity index (χ0v) is 16.1. The van der Waals surface area contributed by atoms with Crippen LogP contribution in [0, 0.1) is 0 Å². The number of aliphatic hydroxyl groups is 1. The molecular weight excluding hydrogens is 344 g/mol. The van der Waals surface area contributed by atoms with Gasteiger partial charge in [0.25, 0.3) is 5.82 Å². The van der Waals surface area contributed by atoms with E-state index < -0.39 is 6.10 Å². The second kappa shape index (κ2) is 8.77. The van der Waals surface area contributed by atoms with Crippen LogP contribution in [-0.2, 0) is 13.0 Å². The number of hydrogen-bond acceptors (Lipinski definition) is 4. The maximum Gasteiger partial charge on any atom is 0.255 e. The average Bonchev–Trinajstić information content (AvgIpc) is 3.03. The molecule has 3 rings (SSSR count). The number of rotatable bonds is 9. The number of aliphatic hydroxyl groups excluding tert-OH is 1. The van der Waals surface area contributed by atoms with Gasteiger partial charge in [-0.3, -0.25) is 0 Å². The number of para-hydroxylation sites is 2. The standard InChI is InChI=1S/C21H26N2O4/c1-4-7-21-22-19-8-5-6-9-20(19)23(21)13-15(24)14-27-18-11-16(25-2)10-17(12-18)26-3/h5-6,8-12,15,24H,4,7,13-14H2,1-3H3/p+1. The lowest BCUT2D eigenvalue weighted by Crippen LogP contribution is -2.44. The second-order valence-electron chi connectivity index (χ2n) is 6.46. The maximum absolute atomic E-state index is 10.6. The topological polar surface area (TPSA) is 67.6 Å². The number of methoxy groups -OCH3 is 2. The van der Waals surface area contributed by atoms with Crippen molar-refractivity contribution in [3.8, 4) is 17.2 Å². The molecule has 1 aromatic heterocycles. The molecule has 0 fully saturated rings. The molecular formula is C21H27N2O4+. The number of H-pyrrole nitrogens is 1. The van der Waals surface area contributed by atoms with E-state index in [1.54, 1.807) is 32.4 Å². The van der Waals surface area contributed by atoms with Crippen molar-refractivity contribution >= 4 is 11.0 Å². The van der Waals surface area contributed by atoms with Gasteiger partial charge in [-0.05, 0) is 18.6 Å². The summed E-state index contributed by atoms with van der Waals surface area (Å²) in [6.07, 6.45) is 1.31. The van der Waals surface area contributed by atoms with E-state index in [0.29, 0.717) is 23.8 Å². The summed E-state index contributed by atoms with van der Waals surface area (Å²) in [4.78, 5) is 3.45. The molecule has 27 heavy (non-hydrogen) atoms. The summed E-state index contributed by atoms with van der Waals surface area (Å²) in [6, 6.07) is 13.5. The van der Waals surface area contributed by atoms with E-state index in [0.717, 1.165) is 29.7 Å². The number of nitrogens with zero attached hydrogens (tertiary/aromatic N) is 1. The number of aromatic amines is 1. The van der Waals surface area contributed by atoms with Gasteiger partial charge in [-0.15, -0.1) is 0 Å². The molecule has 6 heteroatoms. The molecule has 0 saturated carbocycles. The lowest BCUT2D eigenvalue weighted by molar-refractivity contribution is -0.686. The van der Waals surface area contributed by atoms with Gasteiger partial charge >= 0.3 is 0 Å². The third-order valence-electron chi connectivity index (χ3n) is 4.45. The van der Waals surface area contributed by atoms with Gasteiger partial charge in [0.2, 0.25) is 0 Å². The van der Waals surface area contributed by atoms with Gasteiger partial charge in [-0.1, -0.05) is 19.1 Å². The number of benzene rings is 2. The van der Waals surface area contributed by atoms with Gasteiger partial charge in [-0.2, -0.15) is 0 Å². The molecule has 0 radical (unpaired) electrons. The van der Waals surface area contributed by atoms with Gasteiger partial charge in [0, 0.05) is 24.6 Å².